The van der Waals surface area contributed by atoms with Gasteiger partial charge in [-0.3, -0.25) is 14.4 Å². The molecule has 0 aromatic carbocycles. The van der Waals surface area contributed by atoms with Gasteiger partial charge in [0, 0.05) is 19.3 Å². The van der Waals surface area contributed by atoms with Crippen LogP contribution in [0.1, 0.15) is 265 Å². The quantitative estimate of drug-likeness (QED) is 0.0262. The summed E-state index contributed by atoms with van der Waals surface area (Å²) < 4.78 is 16.8. The Hall–Kier alpha value is -2.89. The van der Waals surface area contributed by atoms with Crippen molar-refractivity contribution in [1.82, 2.24) is 0 Å². The summed E-state index contributed by atoms with van der Waals surface area (Å²) >= 11 is 0. The second kappa shape index (κ2) is 51.7. The van der Waals surface area contributed by atoms with Crippen LogP contribution in [0.15, 0.2) is 60.8 Å². The van der Waals surface area contributed by atoms with Crippen LogP contribution < -0.4 is 0 Å². The second-order valence-corrected chi connectivity index (χ2v) is 17.8. The molecule has 0 rings (SSSR count). The summed E-state index contributed by atoms with van der Waals surface area (Å²) in [6.07, 6.45) is 63.5. The minimum Gasteiger partial charge on any atom is -0.462 e. The summed E-state index contributed by atoms with van der Waals surface area (Å²) in [4.78, 5) is 38.0. The first-order chi connectivity index (χ1) is 31.0. The summed E-state index contributed by atoms with van der Waals surface area (Å²) in [7, 11) is 0. The van der Waals surface area contributed by atoms with Crippen molar-refractivity contribution >= 4 is 17.9 Å². The molecule has 0 saturated carbocycles. The smallest absolute Gasteiger partial charge is 0.306 e. The van der Waals surface area contributed by atoms with Gasteiger partial charge >= 0.3 is 17.9 Å². The third-order valence-electron chi connectivity index (χ3n) is 11.5. The Labute approximate surface area is 390 Å². The van der Waals surface area contributed by atoms with Crippen LogP contribution in [0.3, 0.4) is 0 Å². The molecule has 0 aliphatic heterocycles. The highest BCUT2D eigenvalue weighted by Crippen LogP contribution is 2.15. The number of hydrogen-bond acceptors (Lipinski definition) is 6. The lowest BCUT2D eigenvalue weighted by Gasteiger charge is -2.18. The molecule has 0 heterocycles. The predicted octanol–water partition coefficient (Wildman–Crippen LogP) is 17.6. The first kappa shape index (κ1) is 60.1. The van der Waals surface area contributed by atoms with E-state index in [1.165, 1.54) is 154 Å². The highest BCUT2D eigenvalue weighted by Gasteiger charge is 2.19. The molecular weight excluding hydrogens is 781 g/mol. The largest absolute Gasteiger partial charge is 0.462 e. The SMILES string of the molecule is CCCCC/C=C\C/C=C\C/C=C\C/C=C\CCCC(=O)OC[C@H](COC(=O)CCCCCCCCCCCCCCC)OC(=O)CCCCCCCCC/C=C\CCCCCC. The van der Waals surface area contributed by atoms with Gasteiger partial charge in [-0.15, -0.1) is 0 Å². The highest BCUT2D eigenvalue weighted by molar-refractivity contribution is 5.71. The fourth-order valence-electron chi connectivity index (χ4n) is 7.43. The van der Waals surface area contributed by atoms with Gasteiger partial charge in [-0.05, 0) is 83.5 Å². The Morgan fingerprint density at radius 3 is 1.02 bits per heavy atom. The summed E-state index contributed by atoms with van der Waals surface area (Å²) in [5.74, 6) is -0.947. The molecule has 6 heteroatoms. The zero-order valence-electron chi connectivity index (χ0n) is 41.6. The molecule has 0 unspecified atom stereocenters. The van der Waals surface area contributed by atoms with E-state index in [4.69, 9.17) is 14.2 Å². The number of ether oxygens (including phenoxy) is 3. The Kier molecular flexibility index (Phi) is 49.4. The Morgan fingerprint density at radius 1 is 0.317 bits per heavy atom. The van der Waals surface area contributed by atoms with Crippen molar-refractivity contribution in [3.8, 4) is 0 Å². The van der Waals surface area contributed by atoms with E-state index in [2.05, 4.69) is 81.5 Å². The van der Waals surface area contributed by atoms with E-state index in [1.807, 2.05) is 0 Å². The molecule has 0 bridgehead atoms. The topological polar surface area (TPSA) is 78.9 Å². The Balaban J connectivity index is 4.46. The average molecular weight is 881 g/mol. The fraction of sp³-hybridized carbons (Fsp3) is 0.772. The van der Waals surface area contributed by atoms with Crippen molar-refractivity contribution in [2.45, 2.75) is 271 Å². The van der Waals surface area contributed by atoms with Gasteiger partial charge in [0.25, 0.3) is 0 Å². The molecule has 0 fully saturated rings. The number of carbonyl (C=O) groups is 3. The van der Waals surface area contributed by atoms with E-state index in [1.54, 1.807) is 0 Å². The van der Waals surface area contributed by atoms with Crippen LogP contribution in [0.5, 0.6) is 0 Å². The van der Waals surface area contributed by atoms with Crippen LogP contribution in [0.4, 0.5) is 0 Å². The van der Waals surface area contributed by atoms with E-state index >= 15 is 0 Å². The van der Waals surface area contributed by atoms with Crippen LogP contribution in [-0.4, -0.2) is 37.2 Å². The molecule has 1 atom stereocenters. The van der Waals surface area contributed by atoms with Crippen molar-refractivity contribution in [3.05, 3.63) is 60.8 Å². The van der Waals surface area contributed by atoms with Crippen molar-refractivity contribution in [3.63, 3.8) is 0 Å². The van der Waals surface area contributed by atoms with Gasteiger partial charge in [-0.1, -0.05) is 223 Å². The third-order valence-corrected chi connectivity index (χ3v) is 11.5. The molecule has 0 aromatic rings. The van der Waals surface area contributed by atoms with Gasteiger partial charge < -0.3 is 14.2 Å². The van der Waals surface area contributed by atoms with Gasteiger partial charge in [0.15, 0.2) is 6.10 Å². The van der Waals surface area contributed by atoms with E-state index in [0.29, 0.717) is 19.3 Å². The lowest BCUT2D eigenvalue weighted by atomic mass is 10.0. The van der Waals surface area contributed by atoms with Gasteiger partial charge in [0.2, 0.25) is 0 Å². The molecule has 6 nitrogen and oxygen atoms in total. The van der Waals surface area contributed by atoms with Crippen LogP contribution in [0, 0.1) is 0 Å². The zero-order chi connectivity index (χ0) is 45.8. The highest BCUT2D eigenvalue weighted by atomic mass is 16.6. The van der Waals surface area contributed by atoms with Crippen molar-refractivity contribution < 1.29 is 28.6 Å². The first-order valence-corrected chi connectivity index (χ1v) is 26.8. The van der Waals surface area contributed by atoms with Crippen molar-refractivity contribution in [2.24, 2.45) is 0 Å². The summed E-state index contributed by atoms with van der Waals surface area (Å²) in [5.41, 5.74) is 0. The van der Waals surface area contributed by atoms with Crippen molar-refractivity contribution in [2.75, 3.05) is 13.2 Å². The average Bonchev–Trinajstić information content (AvgIpc) is 3.28. The standard InChI is InChI=1S/C57H100O6/c1-4-7-10-13-16-19-22-25-27-28-30-32-35-38-41-44-47-50-56(59)62-53-54(52-61-55(58)49-46-43-40-37-34-31-24-21-18-15-12-9-6-3)63-57(60)51-48-45-42-39-36-33-29-26-23-20-17-14-11-8-5-2/h16,19-20,23,25,27,30,32,38,41,54H,4-15,17-18,21-22,24,26,28-29,31,33-37,39-40,42-53H2,1-3H3/b19-16-,23-20-,27-25-,32-30-,41-38-/t54-/m0/s1. The fourth-order valence-corrected chi connectivity index (χ4v) is 7.43. The number of esters is 3. The molecule has 364 valence electrons. The lowest BCUT2D eigenvalue weighted by Crippen LogP contribution is -2.30. The molecule has 0 saturated heterocycles. The summed E-state index contributed by atoms with van der Waals surface area (Å²) in [5, 5.41) is 0. The number of carbonyl (C=O) groups excluding carboxylic acids is 3. The maximum Gasteiger partial charge on any atom is 0.306 e. The predicted molar refractivity (Wildman–Crippen MR) is 270 cm³/mol. The molecule has 0 spiro atoms. The van der Waals surface area contributed by atoms with Gasteiger partial charge in [-0.2, -0.15) is 0 Å². The Bertz CT molecular complexity index is 1150. The molecule has 0 aliphatic rings. The van der Waals surface area contributed by atoms with E-state index in [0.717, 1.165) is 64.2 Å². The number of hydrogen-bond donors (Lipinski definition) is 0. The number of rotatable bonds is 48. The normalized spacial score (nSPS) is 12.5. The molecule has 0 aromatic heterocycles. The number of unbranched alkanes of at least 4 members (excludes halogenated alkanes) is 27. The molecule has 0 aliphatic carbocycles. The van der Waals surface area contributed by atoms with Crippen LogP contribution >= 0.6 is 0 Å². The minimum atomic E-state index is -0.795. The van der Waals surface area contributed by atoms with Crippen molar-refractivity contribution in [1.29, 1.82) is 0 Å². The molecular formula is C57H100O6. The van der Waals surface area contributed by atoms with Gasteiger partial charge in [0.05, 0.1) is 0 Å². The number of allylic oxidation sites excluding steroid dienone is 10. The summed E-state index contributed by atoms with van der Waals surface area (Å²) in [6.45, 7) is 6.56. The zero-order valence-corrected chi connectivity index (χ0v) is 41.6. The molecule has 63 heavy (non-hydrogen) atoms. The molecule has 0 radical (unpaired) electrons. The second-order valence-electron chi connectivity index (χ2n) is 17.8. The van der Waals surface area contributed by atoms with E-state index in [9.17, 15) is 14.4 Å². The van der Waals surface area contributed by atoms with Crippen LogP contribution in [0.25, 0.3) is 0 Å². The molecule has 0 amide bonds. The summed E-state index contributed by atoms with van der Waals surface area (Å²) in [6, 6.07) is 0. The maximum absolute atomic E-state index is 12.8. The third kappa shape index (κ3) is 50.0. The first-order valence-electron chi connectivity index (χ1n) is 26.8. The minimum absolute atomic E-state index is 0.0907. The van der Waals surface area contributed by atoms with Crippen LogP contribution in [-0.2, 0) is 28.6 Å². The van der Waals surface area contributed by atoms with E-state index < -0.39 is 6.10 Å². The van der Waals surface area contributed by atoms with Gasteiger partial charge in [-0.25, -0.2) is 0 Å². The van der Waals surface area contributed by atoms with E-state index in [-0.39, 0.29) is 37.5 Å². The monoisotopic (exact) mass is 881 g/mol. The molecule has 0 N–H and O–H groups in total. The maximum atomic E-state index is 12.8. The van der Waals surface area contributed by atoms with Gasteiger partial charge in [0.1, 0.15) is 13.2 Å². The van der Waals surface area contributed by atoms with Crippen LogP contribution in [0.2, 0.25) is 0 Å². The Morgan fingerprint density at radius 2 is 0.587 bits per heavy atom. The lowest BCUT2D eigenvalue weighted by molar-refractivity contribution is -0.167.